The Morgan fingerprint density at radius 1 is 1.14 bits per heavy atom. The van der Waals surface area contributed by atoms with E-state index in [0.29, 0.717) is 13.1 Å². The van der Waals surface area contributed by atoms with Crippen molar-refractivity contribution in [3.63, 3.8) is 0 Å². The summed E-state index contributed by atoms with van der Waals surface area (Å²) in [6.07, 6.45) is 0. The predicted molar refractivity (Wildman–Crippen MR) is 109 cm³/mol. The predicted octanol–water partition coefficient (Wildman–Crippen LogP) is 3.09. The zero-order chi connectivity index (χ0) is 21.2. The van der Waals surface area contributed by atoms with Crippen LogP contribution < -0.4 is 5.32 Å². The van der Waals surface area contributed by atoms with E-state index < -0.39 is 15.9 Å². The fourth-order valence-corrected chi connectivity index (χ4v) is 5.05. The molecular formula is C18H21N5O4S2. The maximum Gasteiger partial charge on any atom is 0.322 e. The monoisotopic (exact) mass is 435 g/mol. The van der Waals surface area contributed by atoms with Crippen LogP contribution in [0.25, 0.3) is 10.8 Å². The van der Waals surface area contributed by atoms with Crippen LogP contribution in [-0.4, -0.2) is 46.9 Å². The van der Waals surface area contributed by atoms with Gasteiger partial charge >= 0.3 is 6.01 Å². The number of nitrogens with one attached hydrogen (secondary N) is 1. The first-order valence-electron chi connectivity index (χ1n) is 8.95. The number of thiazole rings is 1. The summed E-state index contributed by atoms with van der Waals surface area (Å²) in [4.78, 5) is 17.6. The van der Waals surface area contributed by atoms with Gasteiger partial charge in [0.25, 0.3) is 11.8 Å². The Labute approximate surface area is 172 Å². The van der Waals surface area contributed by atoms with Gasteiger partial charge in [-0.25, -0.2) is 13.4 Å². The molecule has 2 aromatic heterocycles. The Kier molecular flexibility index (Phi) is 6.10. The van der Waals surface area contributed by atoms with Crippen molar-refractivity contribution in [3.8, 4) is 10.8 Å². The Balaban J connectivity index is 1.74. The average molecular weight is 436 g/mol. The van der Waals surface area contributed by atoms with E-state index in [2.05, 4.69) is 20.5 Å². The SMILES string of the molecule is CCN(CC)S(=O)(=O)c1ccc(C(=O)Nc2nnc(-c3sc(C)nc3C)o2)cc1. The topological polar surface area (TPSA) is 118 Å². The summed E-state index contributed by atoms with van der Waals surface area (Å²) in [6.45, 7) is 8.02. The van der Waals surface area contributed by atoms with Gasteiger partial charge < -0.3 is 4.42 Å². The van der Waals surface area contributed by atoms with Crippen LogP contribution in [0.5, 0.6) is 0 Å². The number of rotatable bonds is 7. The first-order valence-corrected chi connectivity index (χ1v) is 11.2. The highest BCUT2D eigenvalue weighted by molar-refractivity contribution is 7.89. The van der Waals surface area contributed by atoms with Crippen LogP contribution in [0.1, 0.15) is 34.9 Å². The summed E-state index contributed by atoms with van der Waals surface area (Å²) < 4.78 is 31.9. The number of hydrogen-bond donors (Lipinski definition) is 1. The lowest BCUT2D eigenvalue weighted by atomic mass is 10.2. The molecule has 0 bridgehead atoms. The molecule has 0 aliphatic rings. The van der Waals surface area contributed by atoms with Crippen LogP contribution >= 0.6 is 11.3 Å². The van der Waals surface area contributed by atoms with Crippen molar-refractivity contribution in [2.24, 2.45) is 0 Å². The smallest absolute Gasteiger partial charge is 0.322 e. The number of hydrogen-bond acceptors (Lipinski definition) is 8. The van der Waals surface area contributed by atoms with Gasteiger partial charge in [-0.05, 0) is 38.1 Å². The number of benzene rings is 1. The molecule has 3 aromatic rings. The molecular weight excluding hydrogens is 414 g/mol. The normalized spacial score (nSPS) is 11.8. The van der Waals surface area contributed by atoms with Gasteiger partial charge in [0, 0.05) is 18.7 Å². The van der Waals surface area contributed by atoms with Gasteiger partial charge in [-0.15, -0.1) is 16.4 Å². The number of carbonyl (C=O) groups is 1. The summed E-state index contributed by atoms with van der Waals surface area (Å²) in [5, 5.41) is 11.2. The summed E-state index contributed by atoms with van der Waals surface area (Å²) in [7, 11) is -3.58. The molecule has 1 aromatic carbocycles. The number of nitrogens with zero attached hydrogens (tertiary/aromatic N) is 4. The fraction of sp³-hybridized carbons (Fsp3) is 0.333. The van der Waals surface area contributed by atoms with Crippen molar-refractivity contribution >= 4 is 33.3 Å². The quantitative estimate of drug-likeness (QED) is 0.606. The Bertz CT molecular complexity index is 1120. The van der Waals surface area contributed by atoms with E-state index in [4.69, 9.17) is 4.42 Å². The lowest BCUT2D eigenvalue weighted by molar-refractivity contribution is 0.102. The highest BCUT2D eigenvalue weighted by atomic mass is 32.2. The van der Waals surface area contributed by atoms with Crippen molar-refractivity contribution in [1.82, 2.24) is 19.5 Å². The van der Waals surface area contributed by atoms with E-state index in [1.165, 1.54) is 39.9 Å². The fourth-order valence-electron chi connectivity index (χ4n) is 2.76. The molecule has 29 heavy (non-hydrogen) atoms. The van der Waals surface area contributed by atoms with Crippen molar-refractivity contribution in [3.05, 3.63) is 40.5 Å². The third kappa shape index (κ3) is 4.36. The molecule has 0 saturated heterocycles. The van der Waals surface area contributed by atoms with Crippen LogP contribution in [0.3, 0.4) is 0 Å². The molecule has 0 saturated carbocycles. The Morgan fingerprint density at radius 3 is 2.34 bits per heavy atom. The minimum atomic E-state index is -3.58. The third-order valence-electron chi connectivity index (χ3n) is 4.20. The highest BCUT2D eigenvalue weighted by Crippen LogP contribution is 2.29. The molecule has 0 spiro atoms. The van der Waals surface area contributed by atoms with Gasteiger partial charge in [-0.1, -0.05) is 18.9 Å². The summed E-state index contributed by atoms with van der Waals surface area (Å²) >= 11 is 1.42. The number of sulfonamides is 1. The molecule has 0 radical (unpaired) electrons. The maximum atomic E-state index is 12.5. The lowest BCUT2D eigenvalue weighted by Crippen LogP contribution is -2.30. The van der Waals surface area contributed by atoms with Crippen molar-refractivity contribution in [1.29, 1.82) is 0 Å². The zero-order valence-corrected chi connectivity index (χ0v) is 18.1. The van der Waals surface area contributed by atoms with E-state index in [-0.39, 0.29) is 22.4 Å². The molecule has 3 rings (SSSR count). The molecule has 1 amide bonds. The van der Waals surface area contributed by atoms with E-state index in [1.807, 2.05) is 13.8 Å². The summed E-state index contributed by atoms with van der Waals surface area (Å²) in [5.74, 6) is -0.201. The van der Waals surface area contributed by atoms with Gasteiger partial charge in [0.15, 0.2) is 0 Å². The molecule has 0 aliphatic carbocycles. The van der Waals surface area contributed by atoms with Gasteiger partial charge in [0.05, 0.1) is 15.6 Å². The average Bonchev–Trinajstić information content (AvgIpc) is 3.28. The first-order chi connectivity index (χ1) is 13.8. The molecule has 0 unspecified atom stereocenters. The lowest BCUT2D eigenvalue weighted by Gasteiger charge is -2.18. The zero-order valence-electron chi connectivity index (χ0n) is 16.5. The number of amides is 1. The molecule has 11 heteroatoms. The second-order valence-electron chi connectivity index (χ2n) is 6.13. The van der Waals surface area contributed by atoms with Crippen LogP contribution in [0.2, 0.25) is 0 Å². The molecule has 0 atom stereocenters. The summed E-state index contributed by atoms with van der Waals surface area (Å²) in [5.41, 5.74) is 1.05. The van der Waals surface area contributed by atoms with Gasteiger partial charge in [0.1, 0.15) is 4.88 Å². The van der Waals surface area contributed by atoms with E-state index >= 15 is 0 Å². The van der Waals surface area contributed by atoms with Gasteiger partial charge in [0.2, 0.25) is 10.0 Å². The second-order valence-corrected chi connectivity index (χ2v) is 9.27. The third-order valence-corrected chi connectivity index (χ3v) is 7.33. The summed E-state index contributed by atoms with van der Waals surface area (Å²) in [6, 6.07) is 5.66. The molecule has 1 N–H and O–H groups in total. The molecule has 9 nitrogen and oxygen atoms in total. The van der Waals surface area contributed by atoms with Crippen LogP contribution in [0, 0.1) is 13.8 Å². The molecule has 2 heterocycles. The number of aromatic nitrogens is 3. The number of anilines is 1. The van der Waals surface area contributed by atoms with E-state index in [1.54, 1.807) is 13.8 Å². The number of aryl methyl sites for hydroxylation is 2. The van der Waals surface area contributed by atoms with Crippen LogP contribution in [-0.2, 0) is 10.0 Å². The largest absolute Gasteiger partial charge is 0.402 e. The Hall–Kier alpha value is -2.63. The standard InChI is InChI=1S/C18H21N5O4S2/c1-5-23(6-2)29(25,26)14-9-7-13(8-10-14)16(24)20-18-22-21-17(27-18)15-11(3)19-12(4)28-15/h7-10H,5-6H2,1-4H3,(H,20,22,24). The van der Waals surface area contributed by atoms with Crippen LogP contribution in [0.15, 0.2) is 33.6 Å². The van der Waals surface area contributed by atoms with Crippen molar-refractivity contribution in [2.75, 3.05) is 18.4 Å². The van der Waals surface area contributed by atoms with Crippen molar-refractivity contribution in [2.45, 2.75) is 32.6 Å². The molecule has 0 fully saturated rings. The van der Waals surface area contributed by atoms with Crippen molar-refractivity contribution < 1.29 is 17.6 Å². The molecule has 154 valence electrons. The highest BCUT2D eigenvalue weighted by Gasteiger charge is 2.22. The van der Waals surface area contributed by atoms with Gasteiger partial charge in [-0.3, -0.25) is 10.1 Å². The number of carbonyl (C=O) groups excluding carboxylic acids is 1. The minimum Gasteiger partial charge on any atom is -0.402 e. The van der Waals surface area contributed by atoms with Gasteiger partial charge in [-0.2, -0.15) is 4.31 Å². The molecule has 0 aliphatic heterocycles. The van der Waals surface area contributed by atoms with Crippen LogP contribution in [0.4, 0.5) is 6.01 Å². The van der Waals surface area contributed by atoms with E-state index in [9.17, 15) is 13.2 Å². The maximum absolute atomic E-state index is 12.5. The second kappa shape index (κ2) is 8.39. The minimum absolute atomic E-state index is 0.0460. The first kappa shape index (κ1) is 21.1. The Morgan fingerprint density at radius 2 is 1.79 bits per heavy atom. The van der Waals surface area contributed by atoms with E-state index in [0.717, 1.165) is 15.6 Å².